The molecule has 4 rings (SSSR count). The fourth-order valence-electron chi connectivity index (χ4n) is 3.43. The molecule has 0 spiro atoms. The Hall–Kier alpha value is -3.34. The highest BCUT2D eigenvalue weighted by Gasteiger charge is 2.17. The summed E-state index contributed by atoms with van der Waals surface area (Å²) in [6, 6.07) is 19.7. The topological polar surface area (TPSA) is 51.7 Å². The summed E-state index contributed by atoms with van der Waals surface area (Å²) in [5.74, 6) is 1.70. The van der Waals surface area contributed by atoms with Crippen LogP contribution in [0.1, 0.15) is 24.0 Å². The van der Waals surface area contributed by atoms with Crippen LogP contribution in [-0.4, -0.2) is 24.1 Å². The van der Waals surface area contributed by atoms with Gasteiger partial charge in [0.2, 0.25) is 5.91 Å². The fourth-order valence-corrected chi connectivity index (χ4v) is 3.43. The maximum atomic E-state index is 13.0. The van der Waals surface area contributed by atoms with Crippen LogP contribution in [0.2, 0.25) is 0 Å². The molecular weight excluding hydrogens is 364 g/mol. The van der Waals surface area contributed by atoms with E-state index in [2.05, 4.69) is 4.98 Å². The van der Waals surface area contributed by atoms with Gasteiger partial charge < -0.3 is 14.4 Å². The number of aryl methyl sites for hydroxylation is 1. The molecule has 1 aliphatic rings. The summed E-state index contributed by atoms with van der Waals surface area (Å²) in [5.41, 5.74) is 3.07. The fraction of sp³-hybridized carbons (Fsp3) is 0.250. The molecule has 0 fully saturated rings. The quantitative estimate of drug-likeness (QED) is 0.602. The summed E-state index contributed by atoms with van der Waals surface area (Å²) in [5, 5.41) is 0. The zero-order valence-corrected chi connectivity index (χ0v) is 16.3. The van der Waals surface area contributed by atoms with Crippen LogP contribution in [-0.2, 0) is 17.8 Å². The van der Waals surface area contributed by atoms with Gasteiger partial charge in [0.25, 0.3) is 0 Å². The predicted molar refractivity (Wildman–Crippen MR) is 112 cm³/mol. The monoisotopic (exact) mass is 388 g/mol. The number of nitrogens with zero attached hydrogens (tertiary/aromatic N) is 2. The van der Waals surface area contributed by atoms with Gasteiger partial charge in [-0.2, -0.15) is 0 Å². The highest BCUT2D eigenvalue weighted by Crippen LogP contribution is 2.31. The lowest BCUT2D eigenvalue weighted by atomic mass is 10.1. The van der Waals surface area contributed by atoms with Crippen LogP contribution in [0.25, 0.3) is 0 Å². The Labute approximate surface area is 170 Å². The molecule has 0 atom stereocenters. The van der Waals surface area contributed by atoms with Crippen LogP contribution in [0.5, 0.6) is 11.5 Å². The number of pyridine rings is 1. The molecule has 0 saturated heterocycles. The lowest BCUT2D eigenvalue weighted by molar-refractivity contribution is -0.118. The predicted octanol–water partition coefficient (Wildman–Crippen LogP) is 4.41. The summed E-state index contributed by atoms with van der Waals surface area (Å²) >= 11 is 0. The zero-order valence-electron chi connectivity index (χ0n) is 16.3. The first-order chi connectivity index (χ1) is 14.3. The molecule has 1 aliphatic heterocycles. The molecule has 5 nitrogen and oxygen atoms in total. The first-order valence-corrected chi connectivity index (χ1v) is 9.92. The number of hydrogen-bond donors (Lipinski definition) is 0. The van der Waals surface area contributed by atoms with Crippen molar-refractivity contribution in [3.63, 3.8) is 0 Å². The molecule has 2 aromatic carbocycles. The number of carbonyl (C=O) groups is 1. The third kappa shape index (κ3) is 4.93. The molecule has 5 heteroatoms. The smallest absolute Gasteiger partial charge is 0.227 e. The van der Waals surface area contributed by atoms with Crippen molar-refractivity contribution in [3.8, 4) is 11.5 Å². The molecule has 2 heterocycles. The number of amides is 1. The van der Waals surface area contributed by atoms with E-state index in [1.165, 1.54) is 0 Å². The number of benzene rings is 2. The van der Waals surface area contributed by atoms with Gasteiger partial charge in [-0.1, -0.05) is 30.3 Å². The van der Waals surface area contributed by atoms with Crippen molar-refractivity contribution in [2.75, 3.05) is 18.1 Å². The van der Waals surface area contributed by atoms with Gasteiger partial charge in [0.1, 0.15) is 13.2 Å². The highest BCUT2D eigenvalue weighted by molar-refractivity contribution is 5.93. The number of carbonyl (C=O) groups excluding carboxylic acids is 1. The lowest BCUT2D eigenvalue weighted by Crippen LogP contribution is -2.30. The molecule has 148 valence electrons. The minimum absolute atomic E-state index is 0.109. The van der Waals surface area contributed by atoms with Crippen molar-refractivity contribution in [3.05, 3.63) is 84.2 Å². The molecule has 1 aromatic heterocycles. The molecule has 0 aliphatic carbocycles. The minimum Gasteiger partial charge on any atom is -0.486 e. The van der Waals surface area contributed by atoms with Gasteiger partial charge in [-0.25, -0.2) is 0 Å². The van der Waals surface area contributed by atoms with E-state index in [4.69, 9.17) is 9.47 Å². The zero-order chi connectivity index (χ0) is 19.9. The SMILES string of the molecule is O=C(CCCc1ccc2c(c1)OCCO2)N(Cc1cccnc1)c1ccccc1. The van der Waals surface area contributed by atoms with E-state index >= 15 is 0 Å². The number of rotatable bonds is 7. The van der Waals surface area contributed by atoms with E-state index in [1.807, 2.05) is 65.6 Å². The van der Waals surface area contributed by atoms with Gasteiger partial charge in [0.05, 0.1) is 6.54 Å². The third-order valence-electron chi connectivity index (χ3n) is 4.90. The van der Waals surface area contributed by atoms with Crippen LogP contribution < -0.4 is 14.4 Å². The summed E-state index contributed by atoms with van der Waals surface area (Å²) in [6.45, 7) is 1.68. The summed E-state index contributed by atoms with van der Waals surface area (Å²) in [6.07, 6.45) is 5.61. The number of hydrogen-bond acceptors (Lipinski definition) is 4. The van der Waals surface area contributed by atoms with Crippen molar-refractivity contribution >= 4 is 11.6 Å². The second-order valence-corrected chi connectivity index (χ2v) is 7.01. The van der Waals surface area contributed by atoms with Gasteiger partial charge in [0.15, 0.2) is 11.5 Å². The molecule has 0 saturated carbocycles. The number of para-hydroxylation sites is 1. The molecule has 0 unspecified atom stereocenters. The van der Waals surface area contributed by atoms with E-state index < -0.39 is 0 Å². The van der Waals surface area contributed by atoms with E-state index in [-0.39, 0.29) is 5.91 Å². The number of ether oxygens (including phenoxy) is 2. The van der Waals surface area contributed by atoms with Crippen molar-refractivity contribution in [1.29, 1.82) is 0 Å². The first-order valence-electron chi connectivity index (χ1n) is 9.92. The second-order valence-electron chi connectivity index (χ2n) is 7.01. The molecule has 0 bridgehead atoms. The van der Waals surface area contributed by atoms with E-state index in [9.17, 15) is 4.79 Å². The van der Waals surface area contributed by atoms with Crippen LogP contribution in [0.4, 0.5) is 5.69 Å². The van der Waals surface area contributed by atoms with Crippen molar-refractivity contribution in [2.45, 2.75) is 25.8 Å². The largest absolute Gasteiger partial charge is 0.486 e. The molecular formula is C24H24N2O3. The number of anilines is 1. The van der Waals surface area contributed by atoms with Crippen LogP contribution in [0.3, 0.4) is 0 Å². The third-order valence-corrected chi connectivity index (χ3v) is 4.90. The molecule has 1 amide bonds. The Morgan fingerprint density at radius 1 is 0.931 bits per heavy atom. The maximum absolute atomic E-state index is 13.0. The highest BCUT2D eigenvalue weighted by atomic mass is 16.6. The molecule has 0 N–H and O–H groups in total. The Balaban J connectivity index is 1.40. The number of fused-ring (bicyclic) bond motifs is 1. The second kappa shape index (κ2) is 9.24. The number of aromatic nitrogens is 1. The van der Waals surface area contributed by atoms with E-state index in [0.29, 0.717) is 26.2 Å². The first kappa shape index (κ1) is 19.0. The average molecular weight is 388 g/mol. The standard InChI is InChI=1S/C24H24N2O3/c27-24(10-4-6-19-11-12-22-23(16-19)29-15-14-28-22)26(21-8-2-1-3-9-21)18-20-7-5-13-25-17-20/h1-3,5,7-9,11-13,16-17H,4,6,10,14-15,18H2. The Morgan fingerprint density at radius 3 is 2.55 bits per heavy atom. The van der Waals surface area contributed by atoms with Crippen molar-refractivity contribution in [2.24, 2.45) is 0 Å². The molecule has 0 radical (unpaired) electrons. The maximum Gasteiger partial charge on any atom is 0.227 e. The van der Waals surface area contributed by atoms with Gasteiger partial charge in [-0.15, -0.1) is 0 Å². The molecule has 29 heavy (non-hydrogen) atoms. The van der Waals surface area contributed by atoms with Crippen LogP contribution in [0, 0.1) is 0 Å². The van der Waals surface area contributed by atoms with Gasteiger partial charge in [-0.3, -0.25) is 9.78 Å². The van der Waals surface area contributed by atoms with Gasteiger partial charge >= 0.3 is 0 Å². The molecule has 3 aromatic rings. The van der Waals surface area contributed by atoms with E-state index in [1.54, 1.807) is 12.4 Å². The van der Waals surface area contributed by atoms with Crippen LogP contribution in [0.15, 0.2) is 73.1 Å². The van der Waals surface area contributed by atoms with E-state index in [0.717, 1.165) is 41.2 Å². The normalized spacial score (nSPS) is 12.4. The van der Waals surface area contributed by atoms with Crippen molar-refractivity contribution in [1.82, 2.24) is 4.98 Å². The Bertz CT molecular complexity index is 945. The van der Waals surface area contributed by atoms with Gasteiger partial charge in [0, 0.05) is 24.5 Å². The van der Waals surface area contributed by atoms with Crippen LogP contribution >= 0.6 is 0 Å². The summed E-state index contributed by atoms with van der Waals surface area (Å²) in [7, 11) is 0. The average Bonchev–Trinajstić information content (AvgIpc) is 2.78. The Morgan fingerprint density at radius 2 is 1.76 bits per heavy atom. The minimum atomic E-state index is 0.109. The summed E-state index contributed by atoms with van der Waals surface area (Å²) < 4.78 is 11.2. The Kier molecular flexibility index (Phi) is 6.05. The van der Waals surface area contributed by atoms with Crippen molar-refractivity contribution < 1.29 is 14.3 Å². The van der Waals surface area contributed by atoms with Gasteiger partial charge in [-0.05, 0) is 54.3 Å². The summed E-state index contributed by atoms with van der Waals surface area (Å²) in [4.78, 5) is 19.0. The lowest BCUT2D eigenvalue weighted by Gasteiger charge is -2.23.